The van der Waals surface area contributed by atoms with Crippen molar-refractivity contribution in [1.82, 2.24) is 4.57 Å². The average molecular weight is 524 g/mol. The Morgan fingerprint density at radius 2 is 1.73 bits per heavy atom. The van der Waals surface area contributed by atoms with Crippen molar-refractivity contribution >= 4 is 49.6 Å². The highest BCUT2D eigenvalue weighted by Crippen LogP contribution is 2.37. The first-order valence-corrected chi connectivity index (χ1v) is 11.5. The Balaban J connectivity index is 1.80. The van der Waals surface area contributed by atoms with Gasteiger partial charge < -0.3 is 14.1 Å². The zero-order valence-electron chi connectivity index (χ0n) is 16.9. The van der Waals surface area contributed by atoms with E-state index in [-0.39, 0.29) is 28.2 Å². The summed E-state index contributed by atoms with van der Waals surface area (Å²) in [4.78, 5) is 27.0. The van der Waals surface area contributed by atoms with Gasteiger partial charge in [0, 0.05) is 14.8 Å². The van der Waals surface area contributed by atoms with Crippen molar-refractivity contribution in [3.63, 3.8) is 0 Å². The Bertz CT molecular complexity index is 1630. The molecule has 5 aromatic rings. The highest BCUT2D eigenvalue weighted by molar-refractivity contribution is 9.10. The summed E-state index contributed by atoms with van der Waals surface area (Å²) in [6.45, 7) is 0.141. The maximum atomic E-state index is 13.6. The number of rotatable bonds is 4. The molecule has 3 aromatic carbocycles. The summed E-state index contributed by atoms with van der Waals surface area (Å²) in [5.41, 5.74) is -0.00490. The first-order chi connectivity index (χ1) is 15.9. The summed E-state index contributed by atoms with van der Waals surface area (Å²) >= 11 is 4.45. The molecule has 0 atom stereocenters. The minimum absolute atomic E-state index is 0.0257. The molecule has 0 aliphatic rings. The van der Waals surface area contributed by atoms with Gasteiger partial charge in [-0.2, -0.15) is 0 Å². The minimum Gasteiger partial charge on any atom is -0.505 e. The summed E-state index contributed by atoms with van der Waals surface area (Å²) in [6.07, 6.45) is 0. The molecule has 0 fully saturated rings. The van der Waals surface area contributed by atoms with Crippen molar-refractivity contribution in [3.8, 4) is 5.75 Å². The molecule has 0 saturated carbocycles. The smallest absolute Gasteiger partial charge is 0.354 e. The van der Waals surface area contributed by atoms with Crippen LogP contribution in [0.4, 0.5) is 4.39 Å². The van der Waals surface area contributed by atoms with E-state index in [4.69, 9.17) is 4.42 Å². The minimum atomic E-state index is -0.728. The SMILES string of the molecule is O=c1oc2c(c(O)c1Sc1ccccc1)c(=O)n(Cc1ccc(F)cc1)c1cc(Br)ccc21. The molecule has 0 aliphatic heterocycles. The monoisotopic (exact) mass is 523 g/mol. The number of halogens is 2. The molecule has 8 heteroatoms. The Hall–Kier alpha value is -3.36. The van der Waals surface area contributed by atoms with Crippen molar-refractivity contribution in [2.75, 3.05) is 0 Å². The lowest BCUT2D eigenvalue weighted by Crippen LogP contribution is -2.23. The predicted molar refractivity (Wildman–Crippen MR) is 130 cm³/mol. The van der Waals surface area contributed by atoms with E-state index in [0.717, 1.165) is 21.1 Å². The molecule has 0 aliphatic carbocycles. The summed E-state index contributed by atoms with van der Waals surface area (Å²) in [5.74, 6) is -0.794. The van der Waals surface area contributed by atoms with Gasteiger partial charge in [-0.1, -0.05) is 58.0 Å². The summed E-state index contributed by atoms with van der Waals surface area (Å²) in [6, 6.07) is 20.1. The van der Waals surface area contributed by atoms with E-state index in [1.807, 2.05) is 18.2 Å². The van der Waals surface area contributed by atoms with Crippen LogP contribution in [0, 0.1) is 5.82 Å². The van der Waals surface area contributed by atoms with Crippen LogP contribution in [0.15, 0.2) is 101 Å². The Kier molecular flexibility index (Phi) is 5.55. The van der Waals surface area contributed by atoms with E-state index in [2.05, 4.69) is 15.9 Å². The van der Waals surface area contributed by atoms with Crippen LogP contribution in [-0.2, 0) is 6.54 Å². The summed E-state index contributed by atoms with van der Waals surface area (Å²) in [5, 5.41) is 11.5. The van der Waals surface area contributed by atoms with Crippen LogP contribution in [0.25, 0.3) is 21.9 Å². The molecule has 2 aromatic heterocycles. The van der Waals surface area contributed by atoms with Gasteiger partial charge in [0.15, 0.2) is 11.3 Å². The highest BCUT2D eigenvalue weighted by atomic mass is 79.9. The van der Waals surface area contributed by atoms with Crippen molar-refractivity contribution in [2.45, 2.75) is 16.3 Å². The van der Waals surface area contributed by atoms with E-state index in [9.17, 15) is 19.1 Å². The fraction of sp³-hybridized carbons (Fsp3) is 0.0400. The molecule has 0 saturated heterocycles. The van der Waals surface area contributed by atoms with Gasteiger partial charge in [0.1, 0.15) is 16.1 Å². The largest absolute Gasteiger partial charge is 0.505 e. The first kappa shape index (κ1) is 21.5. The molecule has 5 nitrogen and oxygen atoms in total. The molecule has 33 heavy (non-hydrogen) atoms. The second-order valence-corrected chi connectivity index (χ2v) is 9.37. The van der Waals surface area contributed by atoms with Gasteiger partial charge in [-0.3, -0.25) is 4.79 Å². The number of hydrogen-bond acceptors (Lipinski definition) is 5. The zero-order valence-corrected chi connectivity index (χ0v) is 19.3. The van der Waals surface area contributed by atoms with E-state index in [1.165, 1.54) is 16.7 Å². The Labute approximate surface area is 199 Å². The Morgan fingerprint density at radius 3 is 2.45 bits per heavy atom. The molecule has 0 radical (unpaired) electrons. The van der Waals surface area contributed by atoms with Crippen LogP contribution < -0.4 is 11.2 Å². The fourth-order valence-electron chi connectivity index (χ4n) is 3.69. The maximum Gasteiger partial charge on any atom is 0.354 e. The third kappa shape index (κ3) is 3.96. The van der Waals surface area contributed by atoms with Gasteiger partial charge in [0.05, 0.1) is 12.1 Å². The molecule has 0 unspecified atom stereocenters. The summed E-state index contributed by atoms with van der Waals surface area (Å²) < 4.78 is 21.2. The lowest BCUT2D eigenvalue weighted by molar-refractivity contribution is 0.446. The zero-order chi connectivity index (χ0) is 23.1. The molecule has 1 N–H and O–H groups in total. The van der Waals surface area contributed by atoms with Crippen LogP contribution >= 0.6 is 27.7 Å². The van der Waals surface area contributed by atoms with Crippen molar-refractivity contribution in [3.05, 3.63) is 109 Å². The third-order valence-electron chi connectivity index (χ3n) is 5.23. The molecule has 0 amide bonds. The number of benzene rings is 3. The Morgan fingerprint density at radius 1 is 1.00 bits per heavy atom. The molecular weight excluding hydrogens is 509 g/mol. The number of aromatic nitrogens is 1. The van der Waals surface area contributed by atoms with Crippen LogP contribution in [-0.4, -0.2) is 9.67 Å². The summed E-state index contributed by atoms with van der Waals surface area (Å²) in [7, 11) is 0. The number of nitrogens with zero attached hydrogens (tertiary/aromatic N) is 1. The number of hydrogen-bond donors (Lipinski definition) is 1. The highest BCUT2D eigenvalue weighted by Gasteiger charge is 2.22. The molecule has 0 spiro atoms. The van der Waals surface area contributed by atoms with E-state index in [1.54, 1.807) is 42.5 Å². The molecule has 164 valence electrons. The van der Waals surface area contributed by atoms with E-state index in [0.29, 0.717) is 16.5 Å². The number of pyridine rings is 1. The van der Waals surface area contributed by atoms with Gasteiger partial charge in [-0.05, 0) is 48.0 Å². The molecule has 5 rings (SSSR count). The average Bonchev–Trinajstić information content (AvgIpc) is 2.81. The van der Waals surface area contributed by atoms with Crippen molar-refractivity contribution in [2.24, 2.45) is 0 Å². The lowest BCUT2D eigenvalue weighted by atomic mass is 10.1. The maximum absolute atomic E-state index is 13.6. The van der Waals surface area contributed by atoms with Crippen LogP contribution in [0.1, 0.15) is 5.56 Å². The predicted octanol–water partition coefficient (Wildman–Crippen LogP) is 5.91. The van der Waals surface area contributed by atoms with Crippen LogP contribution in [0.3, 0.4) is 0 Å². The number of fused-ring (bicyclic) bond motifs is 3. The van der Waals surface area contributed by atoms with Gasteiger partial charge >= 0.3 is 5.63 Å². The van der Waals surface area contributed by atoms with Crippen molar-refractivity contribution < 1.29 is 13.9 Å². The van der Waals surface area contributed by atoms with Gasteiger partial charge in [-0.25, -0.2) is 9.18 Å². The molecule has 0 bridgehead atoms. The van der Waals surface area contributed by atoms with Gasteiger partial charge in [-0.15, -0.1) is 0 Å². The van der Waals surface area contributed by atoms with E-state index < -0.39 is 16.9 Å². The normalized spacial score (nSPS) is 11.3. The molecule has 2 heterocycles. The number of aromatic hydroxyl groups is 1. The quantitative estimate of drug-likeness (QED) is 0.296. The topological polar surface area (TPSA) is 72.4 Å². The van der Waals surface area contributed by atoms with Gasteiger partial charge in [0.2, 0.25) is 0 Å². The molecular formula is C25H15BrFNO4S. The third-order valence-corrected chi connectivity index (χ3v) is 6.80. The second kappa shape index (κ2) is 8.53. The first-order valence-electron chi connectivity index (χ1n) is 9.91. The fourth-order valence-corrected chi connectivity index (χ4v) is 4.89. The van der Waals surface area contributed by atoms with Crippen LogP contribution in [0.5, 0.6) is 5.75 Å². The van der Waals surface area contributed by atoms with Crippen LogP contribution in [0.2, 0.25) is 0 Å². The standard InChI is InChI=1S/C25H15BrFNO4S/c26-15-8-11-18-19(12-15)28(13-14-6-9-16(27)10-7-14)24(30)20-21(29)23(25(31)32-22(18)20)33-17-4-2-1-3-5-17/h1-12,29H,13H2. The van der Waals surface area contributed by atoms with Crippen molar-refractivity contribution in [1.29, 1.82) is 0 Å². The van der Waals surface area contributed by atoms with E-state index >= 15 is 0 Å². The van der Waals surface area contributed by atoms with Gasteiger partial charge in [0.25, 0.3) is 5.56 Å². The lowest BCUT2D eigenvalue weighted by Gasteiger charge is -2.14. The second-order valence-electron chi connectivity index (χ2n) is 7.37.